The van der Waals surface area contributed by atoms with Crippen LogP contribution in [0.5, 0.6) is 0 Å². The minimum absolute atomic E-state index is 0.0367. The Morgan fingerprint density at radius 1 is 1.29 bits per heavy atom. The van der Waals surface area contributed by atoms with Gasteiger partial charge in [-0.05, 0) is 49.9 Å². The molecular formula is C20H22F3N3O2. The minimum Gasteiger partial charge on any atom is -0.328 e. The van der Waals surface area contributed by atoms with Crippen LogP contribution < -0.4 is 5.56 Å². The van der Waals surface area contributed by atoms with Crippen molar-refractivity contribution >= 4 is 5.91 Å². The number of halogens is 3. The molecule has 8 heteroatoms. The maximum absolute atomic E-state index is 13.1. The molecule has 1 heterocycles. The molecule has 1 amide bonds. The molecule has 1 aliphatic carbocycles. The molecule has 0 N–H and O–H groups in total. The van der Waals surface area contributed by atoms with Crippen molar-refractivity contribution in [2.24, 2.45) is 0 Å². The van der Waals surface area contributed by atoms with E-state index in [-0.39, 0.29) is 23.2 Å². The first kappa shape index (κ1) is 20.1. The van der Waals surface area contributed by atoms with Crippen LogP contribution >= 0.6 is 0 Å². The molecule has 1 fully saturated rings. The van der Waals surface area contributed by atoms with Crippen molar-refractivity contribution in [3.05, 3.63) is 63.6 Å². The van der Waals surface area contributed by atoms with Gasteiger partial charge in [-0.15, -0.1) is 0 Å². The molecule has 28 heavy (non-hydrogen) atoms. The second-order valence-electron chi connectivity index (χ2n) is 7.02. The average molecular weight is 393 g/mol. The van der Waals surface area contributed by atoms with E-state index in [1.54, 1.807) is 17.9 Å². The Labute approximate surface area is 160 Å². The summed E-state index contributed by atoms with van der Waals surface area (Å²) in [5.41, 5.74) is -0.493. The summed E-state index contributed by atoms with van der Waals surface area (Å²) in [6, 6.07) is 7.14. The molecule has 3 rings (SSSR count). The number of rotatable bonds is 6. The number of aromatic nitrogens is 2. The lowest BCUT2D eigenvalue weighted by Crippen LogP contribution is -2.37. The average Bonchev–Trinajstić information content (AvgIpc) is 3.48. The van der Waals surface area contributed by atoms with Crippen molar-refractivity contribution < 1.29 is 18.0 Å². The van der Waals surface area contributed by atoms with Crippen LogP contribution in [0.1, 0.15) is 60.8 Å². The van der Waals surface area contributed by atoms with E-state index >= 15 is 0 Å². The number of carbonyl (C=O) groups excluding carboxylic acids is 1. The van der Waals surface area contributed by atoms with Crippen molar-refractivity contribution in [1.82, 2.24) is 14.7 Å². The van der Waals surface area contributed by atoms with Gasteiger partial charge in [0.05, 0.1) is 11.6 Å². The van der Waals surface area contributed by atoms with E-state index in [4.69, 9.17) is 0 Å². The zero-order valence-electron chi connectivity index (χ0n) is 15.7. The maximum Gasteiger partial charge on any atom is 0.416 e. The molecule has 2 aromatic rings. The molecule has 0 radical (unpaired) electrons. The Hall–Kier alpha value is -2.64. The van der Waals surface area contributed by atoms with Gasteiger partial charge in [0.2, 0.25) is 0 Å². The van der Waals surface area contributed by atoms with E-state index in [1.165, 1.54) is 22.9 Å². The van der Waals surface area contributed by atoms with Crippen LogP contribution in [0.2, 0.25) is 0 Å². The first-order valence-corrected chi connectivity index (χ1v) is 9.30. The highest BCUT2D eigenvalue weighted by Gasteiger charge is 2.38. The molecule has 1 unspecified atom stereocenters. The zero-order valence-corrected chi connectivity index (χ0v) is 15.7. The van der Waals surface area contributed by atoms with Crippen molar-refractivity contribution in [3.8, 4) is 0 Å². The van der Waals surface area contributed by atoms with Gasteiger partial charge in [0.1, 0.15) is 5.69 Å². The normalized spacial score (nSPS) is 15.3. The first-order chi connectivity index (χ1) is 13.2. The molecule has 5 nitrogen and oxygen atoms in total. The Kier molecular flexibility index (Phi) is 5.58. The topological polar surface area (TPSA) is 55.2 Å². The van der Waals surface area contributed by atoms with Gasteiger partial charge in [0.15, 0.2) is 0 Å². The van der Waals surface area contributed by atoms with Crippen molar-refractivity contribution in [1.29, 1.82) is 0 Å². The first-order valence-electron chi connectivity index (χ1n) is 9.30. The molecule has 1 aromatic carbocycles. The zero-order chi connectivity index (χ0) is 20.5. The van der Waals surface area contributed by atoms with Gasteiger partial charge >= 0.3 is 6.18 Å². The van der Waals surface area contributed by atoms with Gasteiger partial charge < -0.3 is 4.90 Å². The second-order valence-corrected chi connectivity index (χ2v) is 7.02. The summed E-state index contributed by atoms with van der Waals surface area (Å²) in [5, 5.41) is 4.16. The van der Waals surface area contributed by atoms with Crippen LogP contribution in [0.3, 0.4) is 0 Å². The number of aryl methyl sites for hydroxylation is 1. The lowest BCUT2D eigenvalue weighted by atomic mass is 10.0. The van der Waals surface area contributed by atoms with Gasteiger partial charge in [0, 0.05) is 18.7 Å². The van der Waals surface area contributed by atoms with Crippen LogP contribution in [0, 0.1) is 0 Å². The number of hydrogen-bond acceptors (Lipinski definition) is 3. The molecule has 1 aromatic heterocycles. The summed E-state index contributed by atoms with van der Waals surface area (Å²) in [4.78, 5) is 26.6. The third kappa shape index (κ3) is 4.26. The highest BCUT2D eigenvalue weighted by molar-refractivity contribution is 5.92. The molecule has 0 aliphatic heterocycles. The lowest BCUT2D eigenvalue weighted by molar-refractivity contribution is -0.137. The Morgan fingerprint density at radius 3 is 2.61 bits per heavy atom. The smallest absolute Gasteiger partial charge is 0.328 e. The molecule has 1 saturated carbocycles. The highest BCUT2D eigenvalue weighted by atomic mass is 19.4. The van der Waals surface area contributed by atoms with Crippen molar-refractivity contribution in [2.45, 2.75) is 57.9 Å². The van der Waals surface area contributed by atoms with Crippen LogP contribution in [0.15, 0.2) is 41.2 Å². The van der Waals surface area contributed by atoms with E-state index in [0.717, 1.165) is 25.0 Å². The fourth-order valence-corrected chi connectivity index (χ4v) is 3.21. The van der Waals surface area contributed by atoms with Gasteiger partial charge in [-0.2, -0.15) is 18.3 Å². The molecule has 1 aliphatic rings. The molecular weight excluding hydrogens is 371 g/mol. The summed E-state index contributed by atoms with van der Waals surface area (Å²) in [5.74, 6) is -0.378. The molecule has 0 saturated heterocycles. The lowest BCUT2D eigenvalue weighted by Gasteiger charge is -2.30. The number of alkyl halides is 3. The Balaban J connectivity index is 1.93. The quantitative estimate of drug-likeness (QED) is 0.744. The SMILES string of the molecule is CCCn1nc(C(=O)N(C2CC2)C(C)c2cccc(C(F)(F)F)c2)ccc1=O. The summed E-state index contributed by atoms with van der Waals surface area (Å²) >= 11 is 0. The number of hydrogen-bond donors (Lipinski definition) is 0. The number of amides is 1. The van der Waals surface area contributed by atoms with Gasteiger partial charge in [0.25, 0.3) is 11.5 Å². The number of carbonyl (C=O) groups is 1. The maximum atomic E-state index is 13.1. The Bertz CT molecular complexity index is 919. The van der Waals surface area contributed by atoms with E-state index in [1.807, 2.05) is 6.92 Å². The molecule has 150 valence electrons. The monoisotopic (exact) mass is 393 g/mol. The summed E-state index contributed by atoms with van der Waals surface area (Å²) in [7, 11) is 0. The number of nitrogens with zero attached hydrogens (tertiary/aromatic N) is 3. The standard InChI is InChI=1S/C20H22F3N3O2/c1-3-11-25-18(27)10-9-17(24-25)19(28)26(16-7-8-16)13(2)14-5-4-6-15(12-14)20(21,22)23/h4-6,9-10,12-13,16H,3,7-8,11H2,1-2H3. The van der Waals surface area contributed by atoms with Gasteiger partial charge in [-0.25, -0.2) is 4.68 Å². The highest BCUT2D eigenvalue weighted by Crippen LogP contribution is 2.37. The van der Waals surface area contributed by atoms with E-state index in [9.17, 15) is 22.8 Å². The third-order valence-electron chi connectivity index (χ3n) is 4.81. The van der Waals surface area contributed by atoms with Crippen LogP contribution in [-0.4, -0.2) is 26.6 Å². The van der Waals surface area contributed by atoms with Crippen molar-refractivity contribution in [2.75, 3.05) is 0 Å². The van der Waals surface area contributed by atoms with Crippen LogP contribution in [0.4, 0.5) is 13.2 Å². The molecule has 1 atom stereocenters. The van der Waals surface area contributed by atoms with E-state index in [2.05, 4.69) is 5.10 Å². The van der Waals surface area contributed by atoms with E-state index < -0.39 is 17.8 Å². The summed E-state index contributed by atoms with van der Waals surface area (Å²) in [6.45, 7) is 4.01. The number of benzene rings is 1. The molecule has 0 bridgehead atoms. The summed E-state index contributed by atoms with van der Waals surface area (Å²) < 4.78 is 40.4. The van der Waals surface area contributed by atoms with Crippen molar-refractivity contribution in [3.63, 3.8) is 0 Å². The van der Waals surface area contributed by atoms with Crippen LogP contribution in [-0.2, 0) is 12.7 Å². The van der Waals surface area contributed by atoms with Gasteiger partial charge in [-0.3, -0.25) is 9.59 Å². The molecule has 0 spiro atoms. The minimum atomic E-state index is -4.44. The predicted molar refractivity (Wildman–Crippen MR) is 97.8 cm³/mol. The van der Waals surface area contributed by atoms with Crippen LogP contribution in [0.25, 0.3) is 0 Å². The summed E-state index contributed by atoms with van der Waals surface area (Å²) in [6.07, 6.45) is -2.16. The third-order valence-corrected chi connectivity index (χ3v) is 4.81. The fraction of sp³-hybridized carbons (Fsp3) is 0.450. The second kappa shape index (κ2) is 7.77. The Morgan fingerprint density at radius 2 is 2.00 bits per heavy atom. The van der Waals surface area contributed by atoms with E-state index in [0.29, 0.717) is 18.5 Å². The largest absolute Gasteiger partial charge is 0.416 e. The predicted octanol–water partition coefficient (Wildman–Crippen LogP) is 4.04. The fourth-order valence-electron chi connectivity index (χ4n) is 3.21. The van der Waals surface area contributed by atoms with Gasteiger partial charge in [-0.1, -0.05) is 19.1 Å².